The average Bonchev–Trinajstić information content (AvgIpc) is 3.30. The lowest BCUT2D eigenvalue weighted by molar-refractivity contribution is 0.641. The summed E-state index contributed by atoms with van der Waals surface area (Å²) >= 11 is 6.28. The van der Waals surface area contributed by atoms with Gasteiger partial charge in [-0.2, -0.15) is 0 Å². The number of rotatable bonds is 4. The maximum absolute atomic E-state index is 6.28. The van der Waals surface area contributed by atoms with E-state index < -0.39 is 0 Å². The molecule has 9 heteroatoms. The SMILES string of the molecule is CN=C(NCc1nc2ccccc2n1C)NC1CCN(c2ncccc2Cl)C1.I. The number of guanidine groups is 1. The molecular weight excluding hydrogens is 501 g/mol. The van der Waals surface area contributed by atoms with E-state index in [0.717, 1.165) is 48.1 Å². The van der Waals surface area contributed by atoms with Crippen LogP contribution in [-0.2, 0) is 13.6 Å². The number of anilines is 1. The quantitative estimate of drug-likeness (QED) is 0.311. The van der Waals surface area contributed by atoms with E-state index in [1.807, 2.05) is 37.4 Å². The molecule has 7 nitrogen and oxygen atoms in total. The van der Waals surface area contributed by atoms with Crippen LogP contribution in [0.15, 0.2) is 47.6 Å². The van der Waals surface area contributed by atoms with Gasteiger partial charge in [0.05, 0.1) is 22.6 Å². The summed E-state index contributed by atoms with van der Waals surface area (Å²) in [6.07, 6.45) is 2.78. The van der Waals surface area contributed by atoms with E-state index in [1.54, 1.807) is 13.2 Å². The van der Waals surface area contributed by atoms with Crippen LogP contribution in [0, 0.1) is 0 Å². The molecule has 1 aliphatic heterocycles. The highest BCUT2D eigenvalue weighted by molar-refractivity contribution is 14.0. The zero-order chi connectivity index (χ0) is 19.5. The van der Waals surface area contributed by atoms with Crippen molar-refractivity contribution in [2.45, 2.75) is 19.0 Å². The Balaban J connectivity index is 0.00000240. The predicted octanol–water partition coefficient (Wildman–Crippen LogP) is 3.18. The largest absolute Gasteiger partial charge is 0.353 e. The Kier molecular flexibility index (Phi) is 7.18. The molecule has 3 heterocycles. The Bertz CT molecular complexity index is 1000. The smallest absolute Gasteiger partial charge is 0.191 e. The van der Waals surface area contributed by atoms with E-state index >= 15 is 0 Å². The van der Waals surface area contributed by atoms with E-state index in [-0.39, 0.29) is 30.0 Å². The third-order valence-corrected chi connectivity index (χ3v) is 5.38. The number of hydrogen-bond donors (Lipinski definition) is 2. The fourth-order valence-electron chi connectivity index (χ4n) is 3.58. The third kappa shape index (κ3) is 4.75. The zero-order valence-electron chi connectivity index (χ0n) is 16.5. The van der Waals surface area contributed by atoms with Crippen LogP contribution in [0.25, 0.3) is 11.0 Å². The van der Waals surface area contributed by atoms with E-state index in [4.69, 9.17) is 16.6 Å². The minimum Gasteiger partial charge on any atom is -0.353 e. The summed E-state index contributed by atoms with van der Waals surface area (Å²) in [6.45, 7) is 2.35. The number of halogens is 2. The molecule has 0 saturated carbocycles. The van der Waals surface area contributed by atoms with Crippen LogP contribution in [0.5, 0.6) is 0 Å². The Labute approximate surface area is 192 Å². The van der Waals surface area contributed by atoms with Crippen LogP contribution in [0.2, 0.25) is 5.02 Å². The second kappa shape index (κ2) is 9.62. The first-order valence-electron chi connectivity index (χ1n) is 9.38. The maximum Gasteiger partial charge on any atom is 0.191 e. The Morgan fingerprint density at radius 3 is 2.86 bits per heavy atom. The molecule has 1 atom stereocenters. The summed E-state index contributed by atoms with van der Waals surface area (Å²) in [5, 5.41) is 7.56. The molecule has 2 N–H and O–H groups in total. The number of fused-ring (bicyclic) bond motifs is 1. The van der Waals surface area contributed by atoms with Gasteiger partial charge in [-0.25, -0.2) is 9.97 Å². The van der Waals surface area contributed by atoms with Gasteiger partial charge in [-0.15, -0.1) is 24.0 Å². The van der Waals surface area contributed by atoms with Crippen LogP contribution in [0.3, 0.4) is 0 Å². The van der Waals surface area contributed by atoms with Crippen molar-refractivity contribution in [1.29, 1.82) is 0 Å². The minimum absolute atomic E-state index is 0. The zero-order valence-corrected chi connectivity index (χ0v) is 19.6. The first-order chi connectivity index (χ1) is 13.7. The van der Waals surface area contributed by atoms with Crippen LogP contribution < -0.4 is 15.5 Å². The number of pyridine rings is 1. The number of nitrogens with zero attached hydrogens (tertiary/aromatic N) is 5. The van der Waals surface area contributed by atoms with Crippen molar-refractivity contribution < 1.29 is 0 Å². The number of nitrogens with one attached hydrogen (secondary N) is 2. The van der Waals surface area contributed by atoms with Crippen molar-refractivity contribution in [3.8, 4) is 0 Å². The molecule has 1 aromatic carbocycles. The third-order valence-electron chi connectivity index (χ3n) is 5.09. The molecule has 1 saturated heterocycles. The molecule has 29 heavy (non-hydrogen) atoms. The average molecular weight is 526 g/mol. The van der Waals surface area contributed by atoms with Gasteiger partial charge in [0.15, 0.2) is 5.96 Å². The molecule has 0 amide bonds. The number of imidazole rings is 1. The van der Waals surface area contributed by atoms with E-state index in [9.17, 15) is 0 Å². The van der Waals surface area contributed by atoms with Crippen molar-refractivity contribution in [2.75, 3.05) is 25.0 Å². The molecule has 2 aromatic heterocycles. The van der Waals surface area contributed by atoms with Gasteiger partial charge < -0.3 is 20.1 Å². The van der Waals surface area contributed by atoms with Crippen LogP contribution in [0.1, 0.15) is 12.2 Å². The van der Waals surface area contributed by atoms with E-state index in [2.05, 4.69) is 36.1 Å². The molecular formula is C20H25ClIN7. The number of aryl methyl sites for hydroxylation is 1. The van der Waals surface area contributed by atoms with Crippen molar-refractivity contribution in [1.82, 2.24) is 25.2 Å². The monoisotopic (exact) mass is 525 g/mol. The van der Waals surface area contributed by atoms with Crippen molar-refractivity contribution in [3.05, 3.63) is 53.4 Å². The first-order valence-corrected chi connectivity index (χ1v) is 9.76. The molecule has 0 spiro atoms. The standard InChI is InChI=1S/C20H24ClN7.HI/c1-22-20(24-12-18-26-16-7-3-4-8-17(16)27(18)2)25-14-9-11-28(13-14)19-15(21)6-5-10-23-19;/h3-8,10,14H,9,11-13H2,1-2H3,(H2,22,24,25);1H. The Morgan fingerprint density at radius 1 is 1.28 bits per heavy atom. The summed E-state index contributed by atoms with van der Waals surface area (Å²) in [5.41, 5.74) is 2.13. The van der Waals surface area contributed by atoms with Gasteiger partial charge in [-0.3, -0.25) is 4.99 Å². The minimum atomic E-state index is 0. The molecule has 3 aromatic rings. The van der Waals surface area contributed by atoms with Crippen molar-refractivity contribution in [2.24, 2.45) is 12.0 Å². The molecule has 0 aliphatic carbocycles. The summed E-state index contributed by atoms with van der Waals surface area (Å²) in [6, 6.07) is 12.2. The lowest BCUT2D eigenvalue weighted by Gasteiger charge is -2.20. The van der Waals surface area contributed by atoms with Crippen LogP contribution in [0.4, 0.5) is 5.82 Å². The highest BCUT2D eigenvalue weighted by Crippen LogP contribution is 2.25. The fourth-order valence-corrected chi connectivity index (χ4v) is 3.83. The molecule has 1 unspecified atom stereocenters. The highest BCUT2D eigenvalue weighted by Gasteiger charge is 2.25. The molecule has 0 bridgehead atoms. The second-order valence-corrected chi connectivity index (χ2v) is 7.29. The number of aromatic nitrogens is 3. The van der Waals surface area contributed by atoms with Gasteiger partial charge in [0.2, 0.25) is 0 Å². The summed E-state index contributed by atoms with van der Waals surface area (Å²) < 4.78 is 2.11. The van der Waals surface area contributed by atoms with Gasteiger partial charge in [0.25, 0.3) is 0 Å². The van der Waals surface area contributed by atoms with Gasteiger partial charge in [0, 0.05) is 39.4 Å². The molecule has 1 aliphatic rings. The number of para-hydroxylation sites is 2. The second-order valence-electron chi connectivity index (χ2n) is 6.89. The summed E-state index contributed by atoms with van der Waals surface area (Å²) in [4.78, 5) is 15.7. The molecule has 154 valence electrons. The van der Waals surface area contributed by atoms with Crippen molar-refractivity contribution >= 4 is 58.4 Å². The lowest BCUT2D eigenvalue weighted by atomic mass is 10.3. The number of aliphatic imine (C=N–C) groups is 1. The Morgan fingerprint density at radius 2 is 2.10 bits per heavy atom. The highest BCUT2D eigenvalue weighted by atomic mass is 127. The van der Waals surface area contributed by atoms with Gasteiger partial charge in [-0.1, -0.05) is 23.7 Å². The lowest BCUT2D eigenvalue weighted by Crippen LogP contribution is -2.44. The van der Waals surface area contributed by atoms with E-state index in [0.29, 0.717) is 11.6 Å². The summed E-state index contributed by atoms with van der Waals surface area (Å²) in [7, 11) is 3.82. The normalized spacial score (nSPS) is 16.7. The van der Waals surface area contributed by atoms with Crippen LogP contribution in [-0.4, -0.2) is 46.7 Å². The predicted molar refractivity (Wildman–Crippen MR) is 129 cm³/mol. The topological polar surface area (TPSA) is 70.4 Å². The van der Waals surface area contributed by atoms with Crippen LogP contribution >= 0.6 is 35.6 Å². The van der Waals surface area contributed by atoms with Crippen molar-refractivity contribution in [3.63, 3.8) is 0 Å². The maximum atomic E-state index is 6.28. The van der Waals surface area contributed by atoms with Gasteiger partial charge in [-0.05, 0) is 30.7 Å². The number of benzene rings is 1. The Hall–Kier alpha value is -2.07. The summed E-state index contributed by atoms with van der Waals surface area (Å²) in [5.74, 6) is 2.58. The fraction of sp³-hybridized carbons (Fsp3) is 0.350. The molecule has 1 fully saturated rings. The van der Waals surface area contributed by atoms with Gasteiger partial charge in [0.1, 0.15) is 11.6 Å². The number of hydrogen-bond acceptors (Lipinski definition) is 4. The van der Waals surface area contributed by atoms with E-state index in [1.165, 1.54) is 0 Å². The molecule has 0 radical (unpaired) electrons. The first kappa shape index (κ1) is 21.6. The molecule has 4 rings (SSSR count). The van der Waals surface area contributed by atoms with Gasteiger partial charge >= 0.3 is 0 Å².